The molecular weight excluding hydrogens is 234 g/mol. The van der Waals surface area contributed by atoms with Gasteiger partial charge in [0.2, 0.25) is 0 Å². The third-order valence-corrected chi connectivity index (χ3v) is 2.59. The Bertz CT molecular complexity index is 524. The molecule has 0 unspecified atom stereocenters. The van der Waals surface area contributed by atoms with Gasteiger partial charge in [-0.1, -0.05) is 12.1 Å². The average molecular weight is 248 g/mol. The predicted molar refractivity (Wildman–Crippen MR) is 65.9 cm³/mol. The Morgan fingerprint density at radius 1 is 1.06 bits per heavy atom. The maximum absolute atomic E-state index is 13.0. The molecule has 2 aromatic rings. The lowest BCUT2D eigenvalue weighted by Gasteiger charge is -2.05. The first-order valence-corrected chi connectivity index (χ1v) is 5.71. The Morgan fingerprint density at radius 3 is 2.56 bits per heavy atom. The summed E-state index contributed by atoms with van der Waals surface area (Å²) in [4.78, 5) is 4.24. The van der Waals surface area contributed by atoms with Gasteiger partial charge in [0, 0.05) is 19.3 Å². The number of hydrogen-bond acceptors (Lipinski definition) is 2. The Morgan fingerprint density at radius 2 is 1.89 bits per heavy atom. The molecule has 94 valence electrons. The summed E-state index contributed by atoms with van der Waals surface area (Å²) in [6.07, 6.45) is 1.80. The smallest absolute Gasteiger partial charge is 0.159 e. The molecule has 0 bridgehead atoms. The van der Waals surface area contributed by atoms with E-state index in [1.165, 1.54) is 6.07 Å². The first-order valence-electron chi connectivity index (χ1n) is 5.71. The molecule has 1 N–H and O–H groups in total. The van der Waals surface area contributed by atoms with Crippen LogP contribution in [-0.2, 0) is 13.1 Å². The minimum Gasteiger partial charge on any atom is -0.307 e. The van der Waals surface area contributed by atoms with Crippen LogP contribution in [0.4, 0.5) is 8.78 Å². The lowest BCUT2D eigenvalue weighted by molar-refractivity contribution is 0.506. The predicted octanol–water partition coefficient (Wildman–Crippen LogP) is 2.96. The van der Waals surface area contributed by atoms with E-state index in [2.05, 4.69) is 10.3 Å². The van der Waals surface area contributed by atoms with Crippen LogP contribution >= 0.6 is 0 Å². The fourth-order valence-electron chi connectivity index (χ4n) is 1.59. The highest BCUT2D eigenvalue weighted by atomic mass is 19.2. The van der Waals surface area contributed by atoms with Crippen molar-refractivity contribution in [1.82, 2.24) is 10.3 Å². The van der Waals surface area contributed by atoms with E-state index >= 15 is 0 Å². The number of benzene rings is 1. The minimum absolute atomic E-state index is 0.479. The number of nitrogens with one attached hydrogen (secondary N) is 1. The second kappa shape index (κ2) is 5.69. The topological polar surface area (TPSA) is 24.9 Å². The SMILES string of the molecule is Cc1ccc(CNCc2ccc(F)c(F)c2)nc1. The highest BCUT2D eigenvalue weighted by Crippen LogP contribution is 2.08. The molecule has 1 aromatic carbocycles. The highest BCUT2D eigenvalue weighted by Gasteiger charge is 2.02. The van der Waals surface area contributed by atoms with Crippen LogP contribution < -0.4 is 5.32 Å². The van der Waals surface area contributed by atoms with Crippen LogP contribution in [0.25, 0.3) is 0 Å². The van der Waals surface area contributed by atoms with Gasteiger partial charge in [0.1, 0.15) is 0 Å². The van der Waals surface area contributed by atoms with E-state index in [-0.39, 0.29) is 0 Å². The highest BCUT2D eigenvalue weighted by molar-refractivity contribution is 5.18. The van der Waals surface area contributed by atoms with Crippen molar-refractivity contribution in [2.45, 2.75) is 20.0 Å². The molecule has 0 amide bonds. The van der Waals surface area contributed by atoms with Gasteiger partial charge in [0.15, 0.2) is 11.6 Å². The Kier molecular flexibility index (Phi) is 3.99. The summed E-state index contributed by atoms with van der Waals surface area (Å²) in [7, 11) is 0. The van der Waals surface area contributed by atoms with Crippen LogP contribution in [0.5, 0.6) is 0 Å². The van der Waals surface area contributed by atoms with E-state index in [1.54, 1.807) is 12.3 Å². The molecule has 0 spiro atoms. The molecule has 0 fully saturated rings. The van der Waals surface area contributed by atoms with Gasteiger partial charge in [-0.3, -0.25) is 4.98 Å². The van der Waals surface area contributed by atoms with E-state index in [0.717, 1.165) is 17.3 Å². The lowest BCUT2D eigenvalue weighted by atomic mass is 10.2. The van der Waals surface area contributed by atoms with Crippen molar-refractivity contribution in [3.05, 3.63) is 65.0 Å². The van der Waals surface area contributed by atoms with Crippen molar-refractivity contribution in [3.8, 4) is 0 Å². The van der Waals surface area contributed by atoms with E-state index in [0.29, 0.717) is 18.7 Å². The molecule has 0 radical (unpaired) electrons. The summed E-state index contributed by atoms with van der Waals surface area (Å²) < 4.78 is 25.7. The van der Waals surface area contributed by atoms with E-state index in [1.807, 2.05) is 19.1 Å². The number of aryl methyl sites for hydroxylation is 1. The van der Waals surface area contributed by atoms with Crippen molar-refractivity contribution in [2.24, 2.45) is 0 Å². The van der Waals surface area contributed by atoms with E-state index in [4.69, 9.17) is 0 Å². The lowest BCUT2D eigenvalue weighted by Crippen LogP contribution is -2.13. The number of hydrogen-bond donors (Lipinski definition) is 1. The third-order valence-electron chi connectivity index (χ3n) is 2.59. The van der Waals surface area contributed by atoms with E-state index in [9.17, 15) is 8.78 Å². The molecule has 2 rings (SSSR count). The Balaban J connectivity index is 1.88. The molecule has 0 aliphatic rings. The fourth-order valence-corrected chi connectivity index (χ4v) is 1.59. The molecule has 4 heteroatoms. The number of halogens is 2. The van der Waals surface area contributed by atoms with Crippen molar-refractivity contribution in [1.29, 1.82) is 0 Å². The van der Waals surface area contributed by atoms with Crippen molar-refractivity contribution in [2.75, 3.05) is 0 Å². The second-order valence-electron chi connectivity index (χ2n) is 4.18. The van der Waals surface area contributed by atoms with Crippen LogP contribution in [0.3, 0.4) is 0 Å². The third kappa shape index (κ3) is 3.34. The molecule has 1 aromatic heterocycles. The fraction of sp³-hybridized carbons (Fsp3) is 0.214. The Hall–Kier alpha value is -1.81. The summed E-state index contributed by atoms with van der Waals surface area (Å²) in [5, 5.41) is 3.13. The quantitative estimate of drug-likeness (QED) is 0.899. The molecule has 0 saturated heterocycles. The maximum atomic E-state index is 13.0. The second-order valence-corrected chi connectivity index (χ2v) is 4.18. The van der Waals surface area contributed by atoms with Crippen LogP contribution in [-0.4, -0.2) is 4.98 Å². The minimum atomic E-state index is -0.820. The van der Waals surface area contributed by atoms with Gasteiger partial charge in [0.25, 0.3) is 0 Å². The number of pyridine rings is 1. The maximum Gasteiger partial charge on any atom is 0.159 e. The molecular formula is C14H14F2N2. The van der Waals surface area contributed by atoms with E-state index < -0.39 is 11.6 Å². The molecule has 2 nitrogen and oxygen atoms in total. The Labute approximate surface area is 105 Å². The van der Waals surface area contributed by atoms with Crippen LogP contribution in [0.15, 0.2) is 36.5 Å². The van der Waals surface area contributed by atoms with Gasteiger partial charge in [-0.2, -0.15) is 0 Å². The van der Waals surface area contributed by atoms with Gasteiger partial charge in [0.05, 0.1) is 5.69 Å². The van der Waals surface area contributed by atoms with Gasteiger partial charge in [-0.05, 0) is 36.2 Å². The normalized spacial score (nSPS) is 10.6. The number of rotatable bonds is 4. The first kappa shape index (κ1) is 12.6. The zero-order valence-corrected chi connectivity index (χ0v) is 10.1. The molecule has 18 heavy (non-hydrogen) atoms. The zero-order chi connectivity index (χ0) is 13.0. The molecule has 0 atom stereocenters. The van der Waals surface area contributed by atoms with Crippen molar-refractivity contribution in [3.63, 3.8) is 0 Å². The summed E-state index contributed by atoms with van der Waals surface area (Å²) in [5.41, 5.74) is 2.74. The van der Waals surface area contributed by atoms with Crippen LogP contribution in [0.1, 0.15) is 16.8 Å². The van der Waals surface area contributed by atoms with Gasteiger partial charge in [-0.25, -0.2) is 8.78 Å². The zero-order valence-electron chi connectivity index (χ0n) is 10.1. The standard InChI is InChI=1S/C14H14F2N2/c1-10-2-4-12(18-7-10)9-17-8-11-3-5-13(15)14(16)6-11/h2-7,17H,8-9H2,1H3. The molecule has 0 saturated carbocycles. The number of aromatic nitrogens is 1. The largest absolute Gasteiger partial charge is 0.307 e. The average Bonchev–Trinajstić information content (AvgIpc) is 2.36. The summed E-state index contributed by atoms with van der Waals surface area (Å²) in [6.45, 7) is 3.05. The number of nitrogens with zero attached hydrogens (tertiary/aromatic N) is 1. The van der Waals surface area contributed by atoms with Gasteiger partial charge in [-0.15, -0.1) is 0 Å². The summed E-state index contributed by atoms with van der Waals surface area (Å²) >= 11 is 0. The van der Waals surface area contributed by atoms with Crippen molar-refractivity contribution < 1.29 is 8.78 Å². The van der Waals surface area contributed by atoms with Gasteiger partial charge < -0.3 is 5.32 Å². The molecule has 1 heterocycles. The van der Waals surface area contributed by atoms with Gasteiger partial charge >= 0.3 is 0 Å². The monoisotopic (exact) mass is 248 g/mol. The van der Waals surface area contributed by atoms with Crippen LogP contribution in [0.2, 0.25) is 0 Å². The van der Waals surface area contributed by atoms with Crippen LogP contribution in [0, 0.1) is 18.6 Å². The summed E-state index contributed by atoms with van der Waals surface area (Å²) in [5.74, 6) is -1.64. The molecule has 0 aliphatic heterocycles. The molecule has 0 aliphatic carbocycles. The van der Waals surface area contributed by atoms with Crippen molar-refractivity contribution >= 4 is 0 Å². The first-order chi connectivity index (χ1) is 8.65. The summed E-state index contributed by atoms with van der Waals surface area (Å²) in [6, 6.07) is 7.82.